The zero-order chi connectivity index (χ0) is 13.6. The maximum absolute atomic E-state index is 12.6. The second-order valence-electron chi connectivity index (χ2n) is 4.29. The third kappa shape index (κ3) is 2.53. The Morgan fingerprint density at radius 2 is 1.78 bits per heavy atom. The van der Waals surface area contributed by atoms with Gasteiger partial charge >= 0.3 is 0 Å². The predicted octanol–water partition coefficient (Wildman–Crippen LogP) is 3.37. The smallest absolute Gasteiger partial charge is 0.247 e. The van der Waals surface area contributed by atoms with Crippen LogP contribution in [0, 0.1) is 16.7 Å². The monoisotopic (exact) mass is 244 g/mol. The summed E-state index contributed by atoms with van der Waals surface area (Å²) >= 11 is 0. The zero-order valence-electron chi connectivity index (χ0n) is 11.3. The molecule has 0 aliphatic carbocycles. The van der Waals surface area contributed by atoms with Crippen molar-refractivity contribution in [2.45, 2.75) is 33.6 Å². The quantitative estimate of drug-likeness (QED) is 0.797. The number of anilines is 1. The largest absolute Gasteiger partial charge is 0.311 e. The lowest BCUT2D eigenvalue weighted by Gasteiger charge is -2.30. The van der Waals surface area contributed by atoms with E-state index >= 15 is 0 Å². The minimum absolute atomic E-state index is 0.0938. The lowest BCUT2D eigenvalue weighted by molar-refractivity contribution is -0.125. The molecule has 0 unspecified atom stereocenters. The molecule has 0 aromatic heterocycles. The maximum atomic E-state index is 12.6. The summed E-state index contributed by atoms with van der Waals surface area (Å²) in [6.45, 7) is 6.29. The molecule has 0 aliphatic rings. The van der Waals surface area contributed by atoms with E-state index in [4.69, 9.17) is 0 Å². The molecule has 3 heteroatoms. The van der Waals surface area contributed by atoms with Gasteiger partial charge in [-0.25, -0.2) is 0 Å². The molecule has 0 fully saturated rings. The standard InChI is InChI=1S/C15H20N2O/c1-4-15(5-2,12-16)14(18)17(6-3)13-10-8-7-9-11-13/h7-11H,4-6H2,1-3H3. The Hall–Kier alpha value is -1.82. The highest BCUT2D eigenvalue weighted by Gasteiger charge is 2.38. The van der Waals surface area contributed by atoms with Crippen LogP contribution in [-0.4, -0.2) is 12.5 Å². The molecule has 0 saturated carbocycles. The number of rotatable bonds is 5. The summed E-state index contributed by atoms with van der Waals surface area (Å²) in [7, 11) is 0. The molecule has 0 spiro atoms. The van der Waals surface area contributed by atoms with Crippen LogP contribution < -0.4 is 4.90 Å². The van der Waals surface area contributed by atoms with Crippen molar-refractivity contribution < 1.29 is 4.79 Å². The third-order valence-corrected chi connectivity index (χ3v) is 3.46. The first-order valence-electron chi connectivity index (χ1n) is 6.43. The van der Waals surface area contributed by atoms with Crippen molar-refractivity contribution in [3.8, 4) is 6.07 Å². The van der Waals surface area contributed by atoms with E-state index in [0.717, 1.165) is 5.69 Å². The van der Waals surface area contributed by atoms with Gasteiger partial charge in [0.15, 0.2) is 0 Å². The highest BCUT2D eigenvalue weighted by Crippen LogP contribution is 2.30. The van der Waals surface area contributed by atoms with Crippen LogP contribution >= 0.6 is 0 Å². The second-order valence-corrected chi connectivity index (χ2v) is 4.29. The number of hydrogen-bond donors (Lipinski definition) is 0. The molecule has 18 heavy (non-hydrogen) atoms. The Morgan fingerprint density at radius 1 is 1.22 bits per heavy atom. The highest BCUT2D eigenvalue weighted by atomic mass is 16.2. The zero-order valence-corrected chi connectivity index (χ0v) is 11.3. The number of carbonyl (C=O) groups is 1. The number of nitrogens with zero attached hydrogens (tertiary/aromatic N) is 2. The Kier molecular flexibility index (Phi) is 4.91. The van der Waals surface area contributed by atoms with Gasteiger partial charge < -0.3 is 4.90 Å². The number of benzene rings is 1. The molecule has 1 rings (SSSR count). The van der Waals surface area contributed by atoms with Crippen LogP contribution in [0.3, 0.4) is 0 Å². The molecule has 0 aliphatic heterocycles. The summed E-state index contributed by atoms with van der Waals surface area (Å²) in [5.74, 6) is -0.0938. The van der Waals surface area contributed by atoms with Crippen molar-refractivity contribution in [3.63, 3.8) is 0 Å². The molecule has 0 saturated heterocycles. The van der Waals surface area contributed by atoms with Crippen molar-refractivity contribution >= 4 is 11.6 Å². The van der Waals surface area contributed by atoms with Crippen LogP contribution in [-0.2, 0) is 4.79 Å². The van der Waals surface area contributed by atoms with Crippen LogP contribution in [0.15, 0.2) is 30.3 Å². The van der Waals surface area contributed by atoms with E-state index in [1.807, 2.05) is 51.1 Å². The number of hydrogen-bond acceptors (Lipinski definition) is 2. The van der Waals surface area contributed by atoms with E-state index < -0.39 is 5.41 Å². The fourth-order valence-electron chi connectivity index (χ4n) is 2.07. The number of nitriles is 1. The average molecular weight is 244 g/mol. The Bertz CT molecular complexity index is 430. The van der Waals surface area contributed by atoms with Crippen LogP contribution in [0.4, 0.5) is 5.69 Å². The molecule has 0 bridgehead atoms. The Morgan fingerprint density at radius 3 is 2.17 bits per heavy atom. The Labute approximate surface area is 109 Å². The lowest BCUT2D eigenvalue weighted by Crippen LogP contribution is -2.43. The number of carbonyl (C=O) groups excluding carboxylic acids is 1. The van der Waals surface area contributed by atoms with Gasteiger partial charge in [0, 0.05) is 12.2 Å². The van der Waals surface area contributed by atoms with Crippen LogP contribution in [0.2, 0.25) is 0 Å². The summed E-state index contributed by atoms with van der Waals surface area (Å²) in [6.07, 6.45) is 1.09. The van der Waals surface area contributed by atoms with Gasteiger partial charge in [0.1, 0.15) is 5.41 Å². The SMILES string of the molecule is CCN(C(=O)C(C#N)(CC)CC)c1ccccc1. The van der Waals surface area contributed by atoms with Gasteiger partial charge in [0.2, 0.25) is 5.91 Å². The number of amides is 1. The summed E-state index contributed by atoms with van der Waals surface area (Å²) < 4.78 is 0. The molecule has 0 radical (unpaired) electrons. The lowest BCUT2D eigenvalue weighted by atomic mass is 9.82. The van der Waals surface area contributed by atoms with E-state index in [1.165, 1.54) is 0 Å². The van der Waals surface area contributed by atoms with Gasteiger partial charge in [0.25, 0.3) is 0 Å². The minimum Gasteiger partial charge on any atom is -0.311 e. The topological polar surface area (TPSA) is 44.1 Å². The van der Waals surface area contributed by atoms with Crippen LogP contribution in [0.5, 0.6) is 0 Å². The van der Waals surface area contributed by atoms with Gasteiger partial charge in [-0.05, 0) is 31.9 Å². The van der Waals surface area contributed by atoms with Crippen LogP contribution in [0.25, 0.3) is 0 Å². The van der Waals surface area contributed by atoms with Gasteiger partial charge in [0.05, 0.1) is 6.07 Å². The van der Waals surface area contributed by atoms with Crippen molar-refractivity contribution in [3.05, 3.63) is 30.3 Å². The number of para-hydroxylation sites is 1. The molecule has 0 N–H and O–H groups in total. The van der Waals surface area contributed by atoms with Crippen molar-refractivity contribution in [1.82, 2.24) is 0 Å². The molecule has 96 valence electrons. The fraction of sp³-hybridized carbons (Fsp3) is 0.467. The summed E-state index contributed by atoms with van der Waals surface area (Å²) in [5, 5.41) is 9.34. The maximum Gasteiger partial charge on any atom is 0.247 e. The van der Waals surface area contributed by atoms with Crippen LogP contribution in [0.1, 0.15) is 33.6 Å². The van der Waals surface area contributed by atoms with E-state index in [0.29, 0.717) is 19.4 Å². The van der Waals surface area contributed by atoms with Crippen molar-refractivity contribution in [2.24, 2.45) is 5.41 Å². The molecular formula is C15H20N2O. The van der Waals surface area contributed by atoms with Gasteiger partial charge in [-0.3, -0.25) is 4.79 Å². The summed E-state index contributed by atoms with van der Waals surface area (Å²) in [4.78, 5) is 14.3. The van der Waals surface area contributed by atoms with Gasteiger partial charge in [-0.15, -0.1) is 0 Å². The minimum atomic E-state index is -0.897. The second kappa shape index (κ2) is 6.20. The first-order chi connectivity index (χ1) is 8.65. The van der Waals surface area contributed by atoms with E-state index in [1.54, 1.807) is 4.90 Å². The summed E-state index contributed by atoms with van der Waals surface area (Å²) in [6, 6.07) is 11.7. The molecule has 1 amide bonds. The Balaban J connectivity index is 3.11. The average Bonchev–Trinajstić information content (AvgIpc) is 2.43. The molecule has 3 nitrogen and oxygen atoms in total. The van der Waals surface area contributed by atoms with E-state index in [2.05, 4.69) is 6.07 Å². The fourth-order valence-corrected chi connectivity index (χ4v) is 2.07. The molecular weight excluding hydrogens is 224 g/mol. The highest BCUT2D eigenvalue weighted by molar-refractivity contribution is 5.99. The van der Waals surface area contributed by atoms with E-state index in [9.17, 15) is 10.1 Å². The summed E-state index contributed by atoms with van der Waals surface area (Å²) in [5.41, 5.74) is -0.0437. The predicted molar refractivity (Wildman–Crippen MR) is 73.1 cm³/mol. The molecule has 0 heterocycles. The van der Waals surface area contributed by atoms with E-state index in [-0.39, 0.29) is 5.91 Å². The first-order valence-corrected chi connectivity index (χ1v) is 6.43. The molecule has 1 aromatic carbocycles. The van der Waals surface area contributed by atoms with Gasteiger partial charge in [-0.2, -0.15) is 5.26 Å². The third-order valence-electron chi connectivity index (χ3n) is 3.46. The normalized spacial score (nSPS) is 10.8. The van der Waals surface area contributed by atoms with Crippen molar-refractivity contribution in [1.29, 1.82) is 5.26 Å². The first kappa shape index (κ1) is 14.2. The molecule has 1 aromatic rings. The van der Waals surface area contributed by atoms with Crippen molar-refractivity contribution in [2.75, 3.05) is 11.4 Å². The van der Waals surface area contributed by atoms with Gasteiger partial charge in [-0.1, -0.05) is 32.0 Å². The molecule has 0 atom stereocenters.